The fourth-order valence-electron chi connectivity index (χ4n) is 3.38. The first-order valence-corrected chi connectivity index (χ1v) is 11.7. The number of hydrogen-bond donors (Lipinski definition) is 1. The predicted molar refractivity (Wildman–Crippen MR) is 142 cm³/mol. The van der Waals surface area contributed by atoms with Gasteiger partial charge in [0.1, 0.15) is 11.5 Å². The van der Waals surface area contributed by atoms with Gasteiger partial charge in [-0.1, -0.05) is 45.0 Å². The molecule has 0 spiro atoms. The number of ether oxygens (including phenoxy) is 2. The number of carbonyl (C=O) groups excluding carboxylic acids is 2. The van der Waals surface area contributed by atoms with Gasteiger partial charge in [-0.05, 0) is 47.2 Å². The van der Waals surface area contributed by atoms with Gasteiger partial charge in [-0.2, -0.15) is 5.10 Å². The lowest BCUT2D eigenvalue weighted by Gasteiger charge is -2.20. The van der Waals surface area contributed by atoms with Crippen LogP contribution in [0, 0.1) is 27.2 Å². The van der Waals surface area contributed by atoms with E-state index in [0.29, 0.717) is 11.3 Å². The van der Waals surface area contributed by atoms with E-state index in [1.54, 1.807) is 12.1 Å². The van der Waals surface area contributed by atoms with E-state index in [9.17, 15) is 29.8 Å². The molecule has 3 aromatic carbocycles. The van der Waals surface area contributed by atoms with Crippen LogP contribution in [0.25, 0.3) is 0 Å². The number of nitro groups is 2. The van der Waals surface area contributed by atoms with Crippen LogP contribution in [0.5, 0.6) is 11.5 Å². The lowest BCUT2D eigenvalue weighted by atomic mass is 9.86. The van der Waals surface area contributed by atoms with Crippen molar-refractivity contribution in [2.45, 2.75) is 33.1 Å². The molecule has 202 valence electrons. The number of carbonyl (C=O) groups is 2. The van der Waals surface area contributed by atoms with Gasteiger partial charge < -0.3 is 9.47 Å². The summed E-state index contributed by atoms with van der Waals surface area (Å²) < 4.78 is 10.8. The fraction of sp³-hybridized carbons (Fsp3) is 0.222. The van der Waals surface area contributed by atoms with Crippen LogP contribution in [0.2, 0.25) is 0 Å². The molecule has 12 heteroatoms. The Morgan fingerprint density at radius 3 is 2.23 bits per heavy atom. The minimum Gasteiger partial charge on any atom is -0.483 e. The first kappa shape index (κ1) is 28.4. The second-order valence-electron chi connectivity index (χ2n) is 9.53. The highest BCUT2D eigenvalue weighted by Gasteiger charge is 2.21. The average molecular weight is 535 g/mol. The van der Waals surface area contributed by atoms with Crippen LogP contribution in [0.15, 0.2) is 65.8 Å². The first-order chi connectivity index (χ1) is 18.3. The van der Waals surface area contributed by atoms with Crippen molar-refractivity contribution in [3.05, 3.63) is 103 Å². The van der Waals surface area contributed by atoms with E-state index in [4.69, 9.17) is 9.47 Å². The third kappa shape index (κ3) is 7.92. The number of hydrazone groups is 1. The Labute approximate surface area is 223 Å². The average Bonchev–Trinajstić information content (AvgIpc) is 2.87. The summed E-state index contributed by atoms with van der Waals surface area (Å²) in [5, 5.41) is 26.0. The fourth-order valence-corrected chi connectivity index (χ4v) is 3.38. The zero-order valence-electron chi connectivity index (χ0n) is 21.7. The van der Waals surface area contributed by atoms with Gasteiger partial charge in [-0.15, -0.1) is 0 Å². The number of benzene rings is 3. The summed E-state index contributed by atoms with van der Waals surface area (Å²) in [7, 11) is 0. The van der Waals surface area contributed by atoms with Crippen LogP contribution in [0.4, 0.5) is 11.4 Å². The molecule has 0 atom stereocenters. The van der Waals surface area contributed by atoms with Gasteiger partial charge in [0.25, 0.3) is 17.3 Å². The Bertz CT molecular complexity index is 1430. The van der Waals surface area contributed by atoms with Crippen molar-refractivity contribution in [2.75, 3.05) is 6.61 Å². The Balaban J connectivity index is 1.59. The molecule has 0 aliphatic heterocycles. The number of esters is 1. The molecule has 0 fully saturated rings. The third-order valence-corrected chi connectivity index (χ3v) is 5.43. The normalized spacial score (nSPS) is 11.2. The van der Waals surface area contributed by atoms with Crippen molar-refractivity contribution >= 4 is 29.5 Å². The molecule has 0 bridgehead atoms. The van der Waals surface area contributed by atoms with Crippen LogP contribution < -0.4 is 14.9 Å². The minimum absolute atomic E-state index is 0.00588. The molecular formula is C27H26N4O8. The molecule has 0 aliphatic rings. The van der Waals surface area contributed by atoms with Gasteiger partial charge in [0.05, 0.1) is 27.7 Å². The monoisotopic (exact) mass is 534 g/mol. The number of nitrogens with zero attached hydrogens (tertiary/aromatic N) is 3. The summed E-state index contributed by atoms with van der Waals surface area (Å²) in [5.41, 5.74) is 3.27. The molecule has 0 saturated carbocycles. The Morgan fingerprint density at radius 2 is 1.64 bits per heavy atom. The number of aryl methyl sites for hydroxylation is 1. The van der Waals surface area contributed by atoms with Gasteiger partial charge in [0.2, 0.25) is 0 Å². The molecule has 0 heterocycles. The number of non-ortho nitro benzene ring substituents is 2. The first-order valence-electron chi connectivity index (χ1n) is 11.7. The lowest BCUT2D eigenvalue weighted by molar-refractivity contribution is -0.394. The van der Waals surface area contributed by atoms with E-state index in [0.717, 1.165) is 29.3 Å². The van der Waals surface area contributed by atoms with E-state index in [1.165, 1.54) is 18.3 Å². The molecular weight excluding hydrogens is 508 g/mol. The van der Waals surface area contributed by atoms with Crippen molar-refractivity contribution in [2.24, 2.45) is 5.10 Å². The summed E-state index contributed by atoms with van der Waals surface area (Å²) in [5.74, 6) is -0.861. The smallest absolute Gasteiger partial charge is 0.344 e. The standard InChI is InChI=1S/C27H26N4O8/c1-17-10-20(27(2,3)4)8-9-24(17)38-16-25(32)29-28-15-18-6-5-7-23(11-18)39-26(33)19-12-21(30(34)35)14-22(13-19)31(36)37/h5-15H,16H2,1-4H3,(H,29,32)/b28-15+. The highest BCUT2D eigenvalue weighted by atomic mass is 16.6. The summed E-state index contributed by atoms with van der Waals surface area (Å²) in [6, 6.07) is 14.4. The maximum absolute atomic E-state index is 12.5. The van der Waals surface area contributed by atoms with Crippen molar-refractivity contribution in [3.63, 3.8) is 0 Å². The molecule has 3 rings (SSSR count). The van der Waals surface area contributed by atoms with Gasteiger partial charge in [0, 0.05) is 12.1 Å². The number of rotatable bonds is 9. The summed E-state index contributed by atoms with van der Waals surface area (Å²) in [6.45, 7) is 7.98. The Kier molecular flexibility index (Phi) is 8.71. The van der Waals surface area contributed by atoms with E-state index >= 15 is 0 Å². The zero-order valence-corrected chi connectivity index (χ0v) is 21.7. The van der Waals surface area contributed by atoms with Gasteiger partial charge in [-0.3, -0.25) is 25.0 Å². The van der Waals surface area contributed by atoms with Crippen LogP contribution in [-0.4, -0.2) is 34.5 Å². The third-order valence-electron chi connectivity index (χ3n) is 5.43. The van der Waals surface area contributed by atoms with Gasteiger partial charge in [0.15, 0.2) is 6.61 Å². The molecule has 0 radical (unpaired) electrons. The van der Waals surface area contributed by atoms with Crippen LogP contribution >= 0.6 is 0 Å². The van der Waals surface area contributed by atoms with Crippen LogP contribution in [-0.2, 0) is 10.2 Å². The molecule has 39 heavy (non-hydrogen) atoms. The molecule has 1 N–H and O–H groups in total. The highest BCUT2D eigenvalue weighted by Crippen LogP contribution is 2.27. The number of hydrogen-bond acceptors (Lipinski definition) is 9. The van der Waals surface area contributed by atoms with Crippen molar-refractivity contribution in [1.29, 1.82) is 0 Å². The number of nitro benzene ring substituents is 2. The maximum Gasteiger partial charge on any atom is 0.344 e. The van der Waals surface area contributed by atoms with E-state index in [1.807, 2.05) is 25.1 Å². The van der Waals surface area contributed by atoms with E-state index in [2.05, 4.69) is 31.3 Å². The SMILES string of the molecule is Cc1cc(C(C)(C)C)ccc1OCC(=O)N/N=C/c1cccc(OC(=O)c2cc([N+](=O)[O-])cc([N+](=O)[O-])c2)c1. The summed E-state index contributed by atoms with van der Waals surface area (Å²) in [4.78, 5) is 45.1. The molecule has 0 aliphatic carbocycles. The molecule has 0 unspecified atom stereocenters. The minimum atomic E-state index is -1.02. The Morgan fingerprint density at radius 1 is 0.974 bits per heavy atom. The Hall–Kier alpha value is -5.13. The second-order valence-corrected chi connectivity index (χ2v) is 9.53. The van der Waals surface area contributed by atoms with Gasteiger partial charge >= 0.3 is 5.97 Å². The quantitative estimate of drug-likeness (QED) is 0.134. The molecule has 12 nitrogen and oxygen atoms in total. The van der Waals surface area contributed by atoms with Gasteiger partial charge in [-0.25, -0.2) is 10.2 Å². The molecule has 1 amide bonds. The van der Waals surface area contributed by atoms with E-state index < -0.39 is 33.1 Å². The number of amides is 1. The lowest BCUT2D eigenvalue weighted by Crippen LogP contribution is -2.24. The maximum atomic E-state index is 12.5. The summed E-state index contributed by atoms with van der Waals surface area (Å²) in [6.07, 6.45) is 1.32. The van der Waals surface area contributed by atoms with E-state index in [-0.39, 0.29) is 23.3 Å². The molecule has 0 saturated heterocycles. The molecule has 3 aromatic rings. The van der Waals surface area contributed by atoms with Crippen molar-refractivity contribution < 1.29 is 28.9 Å². The predicted octanol–water partition coefficient (Wildman–Crippen LogP) is 4.86. The number of nitrogens with one attached hydrogen (secondary N) is 1. The van der Waals surface area contributed by atoms with Crippen LogP contribution in [0.3, 0.4) is 0 Å². The summed E-state index contributed by atoms with van der Waals surface area (Å²) >= 11 is 0. The van der Waals surface area contributed by atoms with Crippen molar-refractivity contribution in [1.82, 2.24) is 5.43 Å². The zero-order chi connectivity index (χ0) is 28.7. The second kappa shape index (κ2) is 11.9. The topological polar surface area (TPSA) is 163 Å². The molecule has 0 aromatic heterocycles. The largest absolute Gasteiger partial charge is 0.483 e. The van der Waals surface area contributed by atoms with Crippen LogP contribution in [0.1, 0.15) is 47.8 Å². The highest BCUT2D eigenvalue weighted by molar-refractivity contribution is 5.93. The van der Waals surface area contributed by atoms with Crippen molar-refractivity contribution in [3.8, 4) is 11.5 Å².